The van der Waals surface area contributed by atoms with Gasteiger partial charge in [0.2, 0.25) is 0 Å². The lowest BCUT2D eigenvalue weighted by Crippen LogP contribution is -2.41. The molecule has 0 aromatic heterocycles. The Hall–Kier alpha value is -1.57. The molecular formula is C18H30N2O5S. The highest BCUT2D eigenvalue weighted by Crippen LogP contribution is 2.27. The molecule has 7 nitrogen and oxygen atoms in total. The number of rotatable bonds is 7. The number of hydrogen-bond acceptors (Lipinski definition) is 6. The molecule has 148 valence electrons. The number of ether oxygens (including phenoxy) is 1. The summed E-state index contributed by atoms with van der Waals surface area (Å²) >= 11 is 1.08. The molecule has 1 aliphatic heterocycles. The van der Waals surface area contributed by atoms with E-state index in [4.69, 9.17) is 4.74 Å². The van der Waals surface area contributed by atoms with Gasteiger partial charge in [0.1, 0.15) is 11.1 Å². The van der Waals surface area contributed by atoms with Crippen molar-refractivity contribution in [3.63, 3.8) is 0 Å². The van der Waals surface area contributed by atoms with E-state index in [2.05, 4.69) is 0 Å². The quantitative estimate of drug-likeness (QED) is 0.494. The number of urea groups is 1. The minimum Gasteiger partial charge on any atom is -0.460 e. The Bertz CT molecular complexity index is 583. The van der Waals surface area contributed by atoms with Crippen molar-refractivity contribution >= 4 is 34.8 Å². The van der Waals surface area contributed by atoms with Gasteiger partial charge >= 0.3 is 12.0 Å². The first kappa shape index (κ1) is 22.5. The van der Waals surface area contributed by atoms with Crippen LogP contribution < -0.4 is 0 Å². The zero-order valence-corrected chi connectivity index (χ0v) is 17.6. The Kier molecular flexibility index (Phi) is 7.27. The molecule has 0 radical (unpaired) electrons. The lowest BCUT2D eigenvalue weighted by molar-refractivity contribution is -0.159. The molecule has 0 aliphatic carbocycles. The zero-order valence-electron chi connectivity index (χ0n) is 16.7. The Morgan fingerprint density at radius 2 is 1.81 bits per heavy atom. The monoisotopic (exact) mass is 386 g/mol. The summed E-state index contributed by atoms with van der Waals surface area (Å²) in [6.07, 6.45) is 0.917. The second kappa shape index (κ2) is 8.41. The van der Waals surface area contributed by atoms with Crippen molar-refractivity contribution in [1.82, 2.24) is 9.80 Å². The van der Waals surface area contributed by atoms with Crippen molar-refractivity contribution in [1.29, 1.82) is 0 Å². The summed E-state index contributed by atoms with van der Waals surface area (Å²) in [6, 6.07) is -0.327. The molecule has 1 unspecified atom stereocenters. The van der Waals surface area contributed by atoms with Gasteiger partial charge in [0.25, 0.3) is 5.91 Å². The Morgan fingerprint density at radius 3 is 2.23 bits per heavy atom. The molecule has 1 saturated heterocycles. The van der Waals surface area contributed by atoms with Crippen LogP contribution in [0.25, 0.3) is 0 Å². The van der Waals surface area contributed by atoms with E-state index in [1.807, 2.05) is 0 Å². The van der Waals surface area contributed by atoms with Gasteiger partial charge in [0, 0.05) is 26.3 Å². The largest absolute Gasteiger partial charge is 0.460 e. The predicted octanol–water partition coefficient (Wildman–Crippen LogP) is 2.68. The third-order valence-corrected chi connectivity index (χ3v) is 5.26. The van der Waals surface area contributed by atoms with Gasteiger partial charge in [-0.3, -0.25) is 19.3 Å². The Morgan fingerprint density at radius 1 is 1.23 bits per heavy atom. The number of amides is 3. The molecule has 1 rings (SSSR count). The van der Waals surface area contributed by atoms with Crippen molar-refractivity contribution in [3.8, 4) is 0 Å². The molecule has 1 atom stereocenters. The van der Waals surface area contributed by atoms with E-state index < -0.39 is 17.1 Å². The molecule has 0 spiro atoms. The fourth-order valence-electron chi connectivity index (χ4n) is 2.55. The molecule has 26 heavy (non-hydrogen) atoms. The fourth-order valence-corrected chi connectivity index (χ4v) is 3.28. The number of carbonyl (C=O) groups is 4. The summed E-state index contributed by atoms with van der Waals surface area (Å²) in [7, 11) is 1.60. The average molecular weight is 387 g/mol. The molecule has 1 fully saturated rings. The minimum absolute atomic E-state index is 0.0631. The third-order valence-electron chi connectivity index (χ3n) is 4.29. The summed E-state index contributed by atoms with van der Waals surface area (Å²) in [5.74, 6) is -0.723. The molecular weight excluding hydrogens is 356 g/mol. The number of carbonyl (C=O) groups excluding carboxylic acids is 4. The number of imide groups is 1. The second-order valence-corrected chi connectivity index (χ2v) is 9.23. The fraction of sp³-hybridized carbons (Fsp3) is 0.778. The van der Waals surface area contributed by atoms with Gasteiger partial charge in [-0.15, -0.1) is 0 Å². The summed E-state index contributed by atoms with van der Waals surface area (Å²) in [5, 5.41) is -0.0631. The molecule has 0 aromatic carbocycles. The molecule has 1 aliphatic rings. The molecule has 0 aromatic rings. The van der Waals surface area contributed by atoms with Crippen LogP contribution in [0.5, 0.6) is 0 Å². The summed E-state index contributed by atoms with van der Waals surface area (Å²) in [5.41, 5.74) is -1.46. The summed E-state index contributed by atoms with van der Waals surface area (Å²) in [4.78, 5) is 50.9. The van der Waals surface area contributed by atoms with E-state index >= 15 is 0 Å². The number of hydrogen-bond donors (Lipinski definition) is 0. The molecule has 0 N–H and O–H groups in total. The Labute approximate surface area is 159 Å². The van der Waals surface area contributed by atoms with Gasteiger partial charge in [0.05, 0.1) is 5.92 Å². The summed E-state index contributed by atoms with van der Waals surface area (Å²) < 4.78 is 5.43. The molecule has 0 saturated carbocycles. The highest BCUT2D eigenvalue weighted by atomic mass is 32.2. The van der Waals surface area contributed by atoms with Gasteiger partial charge in [-0.05, 0) is 47.5 Å². The van der Waals surface area contributed by atoms with Crippen LogP contribution in [-0.4, -0.2) is 63.3 Å². The van der Waals surface area contributed by atoms with Crippen LogP contribution in [0.1, 0.15) is 54.4 Å². The van der Waals surface area contributed by atoms with Crippen molar-refractivity contribution in [3.05, 3.63) is 0 Å². The minimum atomic E-state index is -0.855. The van der Waals surface area contributed by atoms with Crippen molar-refractivity contribution in [2.75, 3.05) is 19.3 Å². The van der Waals surface area contributed by atoms with Crippen molar-refractivity contribution in [2.45, 2.75) is 65.5 Å². The number of nitrogens with zero attached hydrogens (tertiary/aromatic N) is 2. The van der Waals surface area contributed by atoms with Gasteiger partial charge in [-0.2, -0.15) is 0 Å². The van der Waals surface area contributed by atoms with Crippen LogP contribution in [0.2, 0.25) is 0 Å². The SMILES string of the molecule is CC(=O)SCC(CCCN1C(=O)N(C)C(C)(C)C1=O)C(=O)OC(C)(C)C. The standard InChI is InChI=1S/C18H30N2O5S/c1-12(21)26-11-13(14(22)25-17(2,3)4)9-8-10-20-15(23)18(5,6)19(7)16(20)24/h13H,8-11H2,1-7H3. The van der Waals surface area contributed by atoms with Gasteiger partial charge < -0.3 is 9.64 Å². The average Bonchev–Trinajstić information content (AvgIpc) is 2.62. The Balaban J connectivity index is 2.69. The lowest BCUT2D eigenvalue weighted by atomic mass is 10.0. The smallest absolute Gasteiger partial charge is 0.327 e. The van der Waals surface area contributed by atoms with Crippen LogP contribution in [0.4, 0.5) is 4.79 Å². The predicted molar refractivity (Wildman–Crippen MR) is 101 cm³/mol. The van der Waals surface area contributed by atoms with Crippen molar-refractivity contribution < 1.29 is 23.9 Å². The van der Waals surface area contributed by atoms with Gasteiger partial charge in [-0.25, -0.2) is 4.79 Å². The van der Waals surface area contributed by atoms with E-state index in [1.54, 1.807) is 41.7 Å². The number of esters is 1. The molecule has 0 bridgehead atoms. The van der Waals surface area contributed by atoms with Crippen molar-refractivity contribution in [2.24, 2.45) is 5.92 Å². The van der Waals surface area contributed by atoms with E-state index in [0.717, 1.165) is 11.8 Å². The van der Waals surface area contributed by atoms with E-state index in [9.17, 15) is 19.2 Å². The van der Waals surface area contributed by atoms with Gasteiger partial charge in [0.15, 0.2) is 5.12 Å². The molecule has 8 heteroatoms. The molecule has 3 amide bonds. The molecule has 1 heterocycles. The van der Waals surface area contributed by atoms with E-state index in [0.29, 0.717) is 18.6 Å². The zero-order chi connectivity index (χ0) is 20.3. The maximum Gasteiger partial charge on any atom is 0.327 e. The third kappa shape index (κ3) is 5.72. The van der Waals surface area contributed by atoms with E-state index in [1.165, 1.54) is 16.7 Å². The maximum atomic E-state index is 12.4. The first-order valence-corrected chi connectivity index (χ1v) is 9.72. The topological polar surface area (TPSA) is 84.0 Å². The van der Waals surface area contributed by atoms with Crippen LogP contribution in [-0.2, 0) is 19.1 Å². The summed E-state index contributed by atoms with van der Waals surface area (Å²) in [6.45, 7) is 10.5. The maximum absolute atomic E-state index is 12.4. The van der Waals surface area contributed by atoms with Crippen LogP contribution >= 0.6 is 11.8 Å². The first-order chi connectivity index (χ1) is 11.8. The normalized spacial score (nSPS) is 18.3. The lowest BCUT2D eigenvalue weighted by Gasteiger charge is -2.24. The van der Waals surface area contributed by atoms with Crippen LogP contribution in [0, 0.1) is 5.92 Å². The van der Waals surface area contributed by atoms with Crippen LogP contribution in [0.3, 0.4) is 0 Å². The number of likely N-dealkylation sites (N-methyl/N-ethyl adjacent to an activating group) is 1. The highest BCUT2D eigenvalue weighted by Gasteiger charge is 2.48. The first-order valence-electron chi connectivity index (χ1n) is 8.73. The van der Waals surface area contributed by atoms with Crippen LogP contribution in [0.15, 0.2) is 0 Å². The highest BCUT2D eigenvalue weighted by molar-refractivity contribution is 8.13. The second-order valence-electron chi connectivity index (χ2n) is 8.03. The number of thioether (sulfide) groups is 1. The van der Waals surface area contributed by atoms with E-state index in [-0.39, 0.29) is 29.6 Å². The van der Waals surface area contributed by atoms with Gasteiger partial charge in [-0.1, -0.05) is 11.8 Å².